The van der Waals surface area contributed by atoms with Crippen LogP contribution in [0, 0.1) is 0 Å². The van der Waals surface area contributed by atoms with Crippen LogP contribution in [0.4, 0.5) is 17.1 Å². The molecular formula is C45H40BNS. The predicted octanol–water partition coefficient (Wildman–Crippen LogP) is 11.4. The Bertz CT molecular complexity index is 2390. The zero-order chi connectivity index (χ0) is 32.8. The van der Waals surface area contributed by atoms with Gasteiger partial charge in [0, 0.05) is 37.2 Å². The van der Waals surface area contributed by atoms with Gasteiger partial charge in [-0.05, 0) is 116 Å². The van der Waals surface area contributed by atoms with Gasteiger partial charge in [0.2, 0.25) is 6.71 Å². The van der Waals surface area contributed by atoms with Gasteiger partial charge in [-0.2, -0.15) is 0 Å². The van der Waals surface area contributed by atoms with E-state index in [4.69, 9.17) is 0 Å². The maximum Gasteiger partial charge on any atom is 0.248 e. The SMILES string of the molecule is CC(C)c1ccc(N2c3ccc(C(C)C)cc3B3c4cc(C(C)C)ccc4-c4cc(-c5ccc6sc7ccccc7c6c5)cc2c43)cc1. The van der Waals surface area contributed by atoms with Crippen molar-refractivity contribution in [2.24, 2.45) is 0 Å². The average molecular weight is 638 g/mol. The van der Waals surface area contributed by atoms with Crippen molar-refractivity contribution in [1.82, 2.24) is 0 Å². The smallest absolute Gasteiger partial charge is 0.248 e. The van der Waals surface area contributed by atoms with Crippen LogP contribution in [0.3, 0.4) is 0 Å². The van der Waals surface area contributed by atoms with Crippen LogP contribution in [0.25, 0.3) is 42.4 Å². The summed E-state index contributed by atoms with van der Waals surface area (Å²) < 4.78 is 2.69. The molecule has 3 heteroatoms. The molecule has 0 atom stereocenters. The molecule has 7 aromatic rings. The molecule has 6 aromatic carbocycles. The van der Waals surface area contributed by atoms with Gasteiger partial charge in [-0.25, -0.2) is 0 Å². The summed E-state index contributed by atoms with van der Waals surface area (Å²) in [5, 5.41) is 2.69. The fraction of sp³-hybridized carbons (Fsp3) is 0.200. The second-order valence-electron chi connectivity index (χ2n) is 14.8. The predicted molar refractivity (Wildman–Crippen MR) is 212 cm³/mol. The topological polar surface area (TPSA) is 3.24 Å². The lowest BCUT2D eigenvalue weighted by Gasteiger charge is -2.37. The van der Waals surface area contributed by atoms with Crippen molar-refractivity contribution in [3.63, 3.8) is 0 Å². The largest absolute Gasteiger partial charge is 0.311 e. The van der Waals surface area contributed by atoms with E-state index in [2.05, 4.69) is 162 Å². The van der Waals surface area contributed by atoms with Gasteiger partial charge in [-0.15, -0.1) is 11.3 Å². The number of thiophene rings is 1. The van der Waals surface area contributed by atoms with Crippen molar-refractivity contribution in [3.8, 4) is 22.3 Å². The van der Waals surface area contributed by atoms with Gasteiger partial charge in [0.15, 0.2) is 0 Å². The summed E-state index contributed by atoms with van der Waals surface area (Å²) in [7, 11) is 0. The molecule has 0 aliphatic carbocycles. The molecule has 3 heterocycles. The maximum atomic E-state index is 2.55. The van der Waals surface area contributed by atoms with Crippen molar-refractivity contribution in [1.29, 1.82) is 0 Å². The minimum atomic E-state index is 0.209. The van der Waals surface area contributed by atoms with Crippen LogP contribution in [-0.2, 0) is 0 Å². The Morgan fingerprint density at radius 2 is 1.17 bits per heavy atom. The maximum absolute atomic E-state index is 2.55. The third-order valence-corrected chi connectivity index (χ3v) is 12.0. The zero-order valence-electron chi connectivity index (χ0n) is 28.6. The first-order chi connectivity index (χ1) is 23.3. The summed E-state index contributed by atoms with van der Waals surface area (Å²) in [5.41, 5.74) is 17.6. The molecule has 0 N–H and O–H groups in total. The zero-order valence-corrected chi connectivity index (χ0v) is 29.5. The molecule has 9 rings (SSSR count). The van der Waals surface area contributed by atoms with Gasteiger partial charge in [-0.3, -0.25) is 0 Å². The first kappa shape index (κ1) is 29.5. The van der Waals surface area contributed by atoms with Gasteiger partial charge >= 0.3 is 0 Å². The van der Waals surface area contributed by atoms with Crippen molar-refractivity contribution in [3.05, 3.63) is 132 Å². The monoisotopic (exact) mass is 637 g/mol. The molecule has 1 aromatic heterocycles. The van der Waals surface area contributed by atoms with E-state index in [0.29, 0.717) is 17.8 Å². The first-order valence-electron chi connectivity index (χ1n) is 17.5. The summed E-state index contributed by atoms with van der Waals surface area (Å²) in [6.45, 7) is 14.0. The Hall–Kier alpha value is -4.60. The molecule has 2 aliphatic heterocycles. The molecule has 0 radical (unpaired) electrons. The number of fused-ring (bicyclic) bond motifs is 8. The lowest BCUT2D eigenvalue weighted by Crippen LogP contribution is -2.55. The summed E-state index contributed by atoms with van der Waals surface area (Å²) in [6.07, 6.45) is 0. The number of hydrogen-bond donors (Lipinski definition) is 0. The first-order valence-corrected chi connectivity index (χ1v) is 18.4. The molecule has 48 heavy (non-hydrogen) atoms. The molecule has 0 amide bonds. The van der Waals surface area contributed by atoms with E-state index in [9.17, 15) is 0 Å². The molecule has 0 bridgehead atoms. The lowest BCUT2D eigenvalue weighted by molar-refractivity contribution is 0.866. The molecule has 0 saturated heterocycles. The Kier molecular flexibility index (Phi) is 6.75. The average Bonchev–Trinajstić information content (AvgIpc) is 3.64. The van der Waals surface area contributed by atoms with Crippen molar-refractivity contribution in [2.75, 3.05) is 4.90 Å². The molecule has 0 fully saturated rings. The minimum absolute atomic E-state index is 0.209. The van der Waals surface area contributed by atoms with Crippen LogP contribution < -0.4 is 21.3 Å². The van der Waals surface area contributed by atoms with E-state index in [1.807, 2.05) is 11.3 Å². The summed E-state index contributed by atoms with van der Waals surface area (Å²) in [6, 6.07) is 44.7. The second-order valence-corrected chi connectivity index (χ2v) is 15.8. The van der Waals surface area contributed by atoms with Crippen molar-refractivity contribution < 1.29 is 0 Å². The van der Waals surface area contributed by atoms with E-state index < -0.39 is 0 Å². The lowest BCUT2D eigenvalue weighted by atomic mass is 9.37. The molecule has 234 valence electrons. The van der Waals surface area contributed by atoms with E-state index in [1.165, 1.54) is 92.6 Å². The van der Waals surface area contributed by atoms with Crippen molar-refractivity contribution >= 4 is 71.7 Å². The number of nitrogens with zero attached hydrogens (tertiary/aromatic N) is 1. The molecular weight excluding hydrogens is 597 g/mol. The Labute approximate surface area is 289 Å². The summed E-state index contributed by atoms with van der Waals surface area (Å²) in [4.78, 5) is 2.55. The van der Waals surface area contributed by atoms with Crippen LogP contribution in [0.1, 0.15) is 76.0 Å². The number of rotatable bonds is 5. The molecule has 0 spiro atoms. The minimum Gasteiger partial charge on any atom is -0.311 e. The molecule has 2 aliphatic rings. The second kappa shape index (κ2) is 11.0. The third-order valence-electron chi connectivity index (χ3n) is 10.8. The highest BCUT2D eigenvalue weighted by molar-refractivity contribution is 7.25. The van der Waals surface area contributed by atoms with Crippen LogP contribution in [0.15, 0.2) is 115 Å². The fourth-order valence-electron chi connectivity index (χ4n) is 8.11. The van der Waals surface area contributed by atoms with Gasteiger partial charge in [0.05, 0.1) is 0 Å². The molecule has 0 unspecified atom stereocenters. The fourth-order valence-corrected chi connectivity index (χ4v) is 9.19. The Morgan fingerprint density at radius 3 is 1.92 bits per heavy atom. The quantitative estimate of drug-likeness (QED) is 0.170. The Morgan fingerprint density at radius 1 is 0.500 bits per heavy atom. The summed E-state index contributed by atoms with van der Waals surface area (Å²) >= 11 is 1.88. The van der Waals surface area contributed by atoms with Crippen molar-refractivity contribution in [2.45, 2.75) is 59.3 Å². The standard InChI is InChI=1S/C45H40BNS/c1-26(2)29-11-16-34(17-12-29)47-41-19-14-31(28(5)6)24-40(41)46-39-23-30(27(3)4)13-18-35(39)38-22-33(25-42(47)45(38)46)32-15-20-44-37(21-32)36-9-7-8-10-43(36)48-44/h7-28H,1-6H3. The summed E-state index contributed by atoms with van der Waals surface area (Å²) in [5.74, 6) is 1.43. The van der Waals surface area contributed by atoms with Gasteiger partial charge < -0.3 is 4.90 Å². The Balaban J connectivity index is 1.34. The van der Waals surface area contributed by atoms with Crippen LogP contribution in [-0.4, -0.2) is 6.71 Å². The van der Waals surface area contributed by atoms with E-state index in [0.717, 1.165) is 0 Å². The van der Waals surface area contributed by atoms with Crippen LogP contribution >= 0.6 is 11.3 Å². The number of hydrogen-bond acceptors (Lipinski definition) is 2. The highest BCUT2D eigenvalue weighted by atomic mass is 32.1. The third kappa shape index (κ3) is 4.44. The normalized spacial score (nSPS) is 13.3. The van der Waals surface area contributed by atoms with Crippen LogP contribution in [0.2, 0.25) is 0 Å². The van der Waals surface area contributed by atoms with Crippen LogP contribution in [0.5, 0.6) is 0 Å². The van der Waals surface area contributed by atoms with E-state index in [1.54, 1.807) is 0 Å². The number of anilines is 3. The van der Waals surface area contributed by atoms with E-state index >= 15 is 0 Å². The number of benzene rings is 6. The molecule has 1 nitrogen and oxygen atoms in total. The highest BCUT2D eigenvalue weighted by Crippen LogP contribution is 2.45. The van der Waals surface area contributed by atoms with Gasteiger partial charge in [0.1, 0.15) is 0 Å². The highest BCUT2D eigenvalue weighted by Gasteiger charge is 2.43. The molecule has 0 saturated carbocycles. The van der Waals surface area contributed by atoms with E-state index in [-0.39, 0.29) is 6.71 Å². The van der Waals surface area contributed by atoms with Gasteiger partial charge in [-0.1, -0.05) is 114 Å². The van der Waals surface area contributed by atoms with Gasteiger partial charge in [0.25, 0.3) is 0 Å².